The Bertz CT molecular complexity index is 1960. The van der Waals surface area contributed by atoms with Crippen molar-refractivity contribution in [3.05, 3.63) is 139 Å². The fourth-order valence-electron chi connectivity index (χ4n) is 7.03. The van der Waals surface area contributed by atoms with Crippen LogP contribution in [0.1, 0.15) is 50.0 Å². The summed E-state index contributed by atoms with van der Waals surface area (Å²) >= 11 is 0. The van der Waals surface area contributed by atoms with Crippen LogP contribution in [-0.2, 0) is 30.0 Å². The van der Waals surface area contributed by atoms with E-state index in [9.17, 15) is 14.4 Å². The van der Waals surface area contributed by atoms with Crippen LogP contribution in [0.2, 0.25) is 18.1 Å². The highest BCUT2D eigenvalue weighted by Gasteiger charge is 2.57. The summed E-state index contributed by atoms with van der Waals surface area (Å²) in [7, 11) is -0.789. The van der Waals surface area contributed by atoms with E-state index in [1.54, 1.807) is 36.2 Å². The summed E-state index contributed by atoms with van der Waals surface area (Å²) in [5.74, 6) is -1.97. The van der Waals surface area contributed by atoms with Gasteiger partial charge in [-0.1, -0.05) is 149 Å². The average molecular weight is 777 g/mol. The van der Waals surface area contributed by atoms with Crippen molar-refractivity contribution in [1.82, 2.24) is 10.2 Å². The molecule has 1 aliphatic rings. The Labute approximate surface area is 327 Å². The number of likely N-dealkylation sites (N-methyl/N-ethyl adjacent to an activating group) is 1. The van der Waals surface area contributed by atoms with Gasteiger partial charge in [-0.15, -0.1) is 0 Å². The Hall–Kier alpha value is -4.82. The van der Waals surface area contributed by atoms with Gasteiger partial charge in [0, 0.05) is 25.9 Å². The predicted octanol–water partition coefficient (Wildman–Crippen LogP) is 6.64. The van der Waals surface area contributed by atoms with Gasteiger partial charge in [0.15, 0.2) is 14.1 Å². The lowest BCUT2D eigenvalue weighted by Crippen LogP contribution is -2.69. The van der Waals surface area contributed by atoms with E-state index in [1.807, 2.05) is 97.9 Å². The predicted molar refractivity (Wildman–Crippen MR) is 226 cm³/mol. The quantitative estimate of drug-likeness (QED) is 0.0363. The van der Waals surface area contributed by atoms with E-state index < -0.39 is 39.2 Å². The zero-order valence-electron chi connectivity index (χ0n) is 33.0. The first-order chi connectivity index (χ1) is 26.2. The molecule has 0 radical (unpaired) electrons. The number of Topliss-reactive ketones (excluding diaryl/α,β-unsaturated/α-hetero) is 1. The van der Waals surface area contributed by atoms with Gasteiger partial charge in [-0.3, -0.25) is 14.4 Å². The number of carbonyl (C=O) groups excluding carboxylic acids is 4. The molecule has 4 aromatic rings. The lowest BCUT2D eigenvalue weighted by atomic mass is 9.79. The molecule has 0 bridgehead atoms. The van der Waals surface area contributed by atoms with Gasteiger partial charge in [0.25, 0.3) is 0 Å². The summed E-state index contributed by atoms with van der Waals surface area (Å²) in [6.07, 6.45) is 1.09. The van der Waals surface area contributed by atoms with Crippen LogP contribution >= 0.6 is 6.89 Å². The van der Waals surface area contributed by atoms with Gasteiger partial charge in [-0.25, -0.2) is 4.79 Å². The molecule has 1 N–H and O–H groups in total. The third-order valence-corrected chi connectivity index (χ3v) is 19.7. The molecule has 2 amide bonds. The maximum absolute atomic E-state index is 15.1. The SMILES string of the molecule is C=CCOC(=O)C(N1C(=O)[C@H]([C@@H](C)O[Si](C)(C)C(C)(C)C)[C@H]1CC(=O)c1ccc(CC(=O)NC)cc1)=P(c1ccccc1)(c1ccccc1)c1ccccc1. The van der Waals surface area contributed by atoms with Gasteiger partial charge in [0.05, 0.1) is 24.5 Å². The van der Waals surface area contributed by atoms with Crippen molar-refractivity contribution in [2.45, 2.75) is 70.8 Å². The molecule has 0 aliphatic carbocycles. The summed E-state index contributed by atoms with van der Waals surface area (Å²) in [4.78, 5) is 57.9. The molecule has 10 heteroatoms. The number of amides is 2. The first-order valence-electron chi connectivity index (χ1n) is 18.7. The van der Waals surface area contributed by atoms with E-state index in [1.165, 1.54) is 6.08 Å². The third kappa shape index (κ3) is 8.54. The standard InChI is InChI=1S/C45H53N2O6PSi/c1-9-29-52-44(51)43(54(35-19-13-10-14-20-35,36-21-15-11-16-22-36)37-23-17-12-18-24-37)47-38(41(42(47)50)32(2)53-55(7,8)45(3,4)5)31-39(48)34-27-25-33(26-28-34)30-40(49)46-6/h9-28,32,38,41H,1,29-31H2,2-8H3,(H,46,49)/t32-,38-,41-/m1/s1. The molecule has 1 aliphatic heterocycles. The molecule has 3 atom stereocenters. The van der Waals surface area contributed by atoms with Crippen molar-refractivity contribution >= 4 is 60.1 Å². The number of ether oxygens (including phenoxy) is 1. The van der Waals surface area contributed by atoms with Crippen molar-refractivity contribution in [3.63, 3.8) is 0 Å². The second kappa shape index (κ2) is 17.3. The number of ketones is 1. The zero-order valence-corrected chi connectivity index (χ0v) is 34.8. The number of esters is 1. The Morgan fingerprint density at radius 3 is 1.78 bits per heavy atom. The van der Waals surface area contributed by atoms with E-state index >= 15 is 4.79 Å². The Morgan fingerprint density at radius 2 is 1.35 bits per heavy atom. The smallest absolute Gasteiger partial charge is 0.356 e. The Morgan fingerprint density at radius 1 is 0.855 bits per heavy atom. The zero-order chi connectivity index (χ0) is 40.0. The highest BCUT2D eigenvalue weighted by Crippen LogP contribution is 2.50. The Balaban J connectivity index is 1.78. The number of nitrogens with one attached hydrogen (secondary N) is 1. The lowest BCUT2D eigenvalue weighted by molar-refractivity contribution is -0.156. The molecular weight excluding hydrogens is 724 g/mol. The summed E-state index contributed by atoms with van der Waals surface area (Å²) in [6, 6.07) is 35.7. The van der Waals surface area contributed by atoms with Crippen LogP contribution < -0.4 is 21.2 Å². The minimum Gasteiger partial charge on any atom is -0.457 e. The van der Waals surface area contributed by atoms with Crippen LogP contribution in [0.4, 0.5) is 0 Å². The molecule has 0 unspecified atom stereocenters. The van der Waals surface area contributed by atoms with Gasteiger partial charge in [0.1, 0.15) is 12.0 Å². The van der Waals surface area contributed by atoms with Crippen LogP contribution in [0.25, 0.3) is 0 Å². The molecule has 55 heavy (non-hydrogen) atoms. The monoisotopic (exact) mass is 776 g/mol. The molecule has 0 aromatic heterocycles. The van der Waals surface area contributed by atoms with E-state index in [4.69, 9.17) is 9.16 Å². The van der Waals surface area contributed by atoms with Gasteiger partial charge in [-0.2, -0.15) is 0 Å². The highest BCUT2D eigenvalue weighted by atomic mass is 31.2. The van der Waals surface area contributed by atoms with Gasteiger partial charge in [0.2, 0.25) is 11.8 Å². The van der Waals surface area contributed by atoms with Crippen LogP contribution in [0.15, 0.2) is 128 Å². The van der Waals surface area contributed by atoms with Crippen LogP contribution in [0, 0.1) is 5.92 Å². The second-order valence-electron chi connectivity index (χ2n) is 15.4. The molecule has 8 nitrogen and oxygen atoms in total. The maximum Gasteiger partial charge on any atom is 0.356 e. The minimum absolute atomic E-state index is 0.0625. The summed E-state index contributed by atoms with van der Waals surface area (Å²) in [5.41, 5.74) is 1.43. The number of hydrogen-bond donors (Lipinski definition) is 1. The van der Waals surface area contributed by atoms with Gasteiger partial charge in [-0.05, 0) is 46.5 Å². The number of rotatable bonds is 15. The highest BCUT2D eigenvalue weighted by molar-refractivity contribution is 7.96. The molecule has 288 valence electrons. The van der Waals surface area contributed by atoms with Crippen LogP contribution in [0.3, 0.4) is 0 Å². The summed E-state index contributed by atoms with van der Waals surface area (Å²) < 4.78 is 12.8. The number of nitrogens with zero attached hydrogens (tertiary/aromatic N) is 1. The normalized spacial score (nSPS) is 16.4. The van der Waals surface area contributed by atoms with Crippen molar-refractivity contribution in [2.75, 3.05) is 13.7 Å². The molecule has 1 fully saturated rings. The van der Waals surface area contributed by atoms with Crippen molar-refractivity contribution in [1.29, 1.82) is 0 Å². The van der Waals surface area contributed by atoms with Crippen LogP contribution in [0.5, 0.6) is 0 Å². The first-order valence-corrected chi connectivity index (χ1v) is 23.4. The van der Waals surface area contributed by atoms with E-state index in [2.05, 4.69) is 45.8 Å². The van der Waals surface area contributed by atoms with Gasteiger partial charge < -0.3 is 19.4 Å². The minimum atomic E-state index is -3.19. The largest absolute Gasteiger partial charge is 0.457 e. The molecule has 1 heterocycles. The number of carbonyl (C=O) groups is 4. The maximum atomic E-state index is 15.1. The fraction of sp³-hybridized carbons (Fsp3) is 0.311. The first kappa shape index (κ1) is 41.3. The van der Waals surface area contributed by atoms with Crippen molar-refractivity contribution in [2.24, 2.45) is 5.92 Å². The van der Waals surface area contributed by atoms with Crippen molar-refractivity contribution < 1.29 is 28.3 Å². The number of hydrogen-bond acceptors (Lipinski definition) is 6. The van der Waals surface area contributed by atoms with Crippen LogP contribution in [-0.4, -0.2) is 68.0 Å². The summed E-state index contributed by atoms with van der Waals surface area (Å²) in [5, 5.41) is 5.07. The topological polar surface area (TPSA) is 102 Å². The molecule has 0 saturated carbocycles. The lowest BCUT2D eigenvalue weighted by Gasteiger charge is -2.53. The Kier molecular flexibility index (Phi) is 13.0. The molecular formula is C45H53N2O6PSi. The molecule has 0 spiro atoms. The third-order valence-electron chi connectivity index (χ3n) is 10.9. The van der Waals surface area contributed by atoms with Gasteiger partial charge >= 0.3 is 5.97 Å². The van der Waals surface area contributed by atoms with E-state index in [0.29, 0.717) is 5.56 Å². The second-order valence-corrected chi connectivity index (χ2v) is 23.5. The summed E-state index contributed by atoms with van der Waals surface area (Å²) in [6.45, 7) is 13.2. The van der Waals surface area contributed by atoms with Crippen molar-refractivity contribution in [3.8, 4) is 0 Å². The van der Waals surface area contributed by atoms with E-state index in [0.717, 1.165) is 21.5 Å². The molecule has 4 aromatic carbocycles. The average Bonchev–Trinajstić information content (AvgIpc) is 3.17. The number of benzene rings is 4. The fourth-order valence-corrected chi connectivity index (χ4v) is 12.9. The molecule has 5 rings (SSSR count). The number of likely N-dealkylation sites (tertiary alicyclic amines) is 1. The molecule has 1 saturated heterocycles. The van der Waals surface area contributed by atoms with E-state index in [-0.39, 0.29) is 47.5 Å². The number of β-lactam (4-membered cyclic amide) rings is 1.